The molecule has 0 bridgehead atoms. The Hall–Kier alpha value is -2.63. The summed E-state index contributed by atoms with van der Waals surface area (Å²) in [4.78, 5) is 4.17. The lowest BCUT2D eigenvalue weighted by Crippen LogP contribution is -1.97. The second kappa shape index (κ2) is 5.13. The van der Waals surface area contributed by atoms with Gasteiger partial charge in [-0.3, -0.25) is 5.43 Å². The lowest BCUT2D eigenvalue weighted by molar-refractivity contribution is 1.32. The minimum absolute atomic E-state index is 0.256. The third-order valence-electron chi connectivity index (χ3n) is 2.19. The summed E-state index contributed by atoms with van der Waals surface area (Å²) in [6.07, 6.45) is 0. The zero-order valence-electron chi connectivity index (χ0n) is 9.05. The second-order valence-electron chi connectivity index (χ2n) is 3.31. The van der Waals surface area contributed by atoms with Crippen molar-refractivity contribution in [2.24, 2.45) is 5.10 Å². The monoisotopic (exact) mass is 255 g/mol. The van der Waals surface area contributed by atoms with Gasteiger partial charge in [0.05, 0.1) is 11.2 Å². The van der Waals surface area contributed by atoms with Crippen molar-refractivity contribution >= 4 is 33.9 Å². The Morgan fingerprint density at radius 2 is 2.00 bits per heavy atom. The van der Waals surface area contributed by atoms with Crippen molar-refractivity contribution in [3.63, 3.8) is 0 Å². The van der Waals surface area contributed by atoms with Gasteiger partial charge < -0.3 is 0 Å². The van der Waals surface area contributed by atoms with E-state index in [9.17, 15) is 0 Å². The molecule has 18 heavy (non-hydrogen) atoms. The molecule has 0 atom stereocenters. The number of fused-ring (bicyclic) bond motifs is 1. The van der Waals surface area contributed by atoms with E-state index in [1.54, 1.807) is 24.3 Å². The number of aromatic nitrogens is 1. The number of pyridine rings is 1. The molecule has 6 heteroatoms. The Morgan fingerprint density at radius 1 is 1.22 bits per heavy atom. The number of nitrogens with zero attached hydrogens (tertiary/aromatic N) is 4. The Labute approximate surface area is 108 Å². The van der Waals surface area contributed by atoms with Crippen molar-refractivity contribution in [1.29, 1.82) is 10.5 Å². The minimum Gasteiger partial charge on any atom is -0.274 e. The van der Waals surface area contributed by atoms with Crippen LogP contribution in [0.3, 0.4) is 0 Å². The first-order valence-corrected chi connectivity index (χ1v) is 5.31. The second-order valence-corrected chi connectivity index (χ2v) is 3.69. The molecule has 0 aliphatic rings. The first-order valence-electron chi connectivity index (χ1n) is 4.94. The Bertz CT molecular complexity index is 692. The summed E-state index contributed by atoms with van der Waals surface area (Å²) in [5, 5.41) is 22.1. The first kappa shape index (κ1) is 11.8. The molecule has 1 aromatic heterocycles. The average Bonchev–Trinajstić information content (AvgIpc) is 2.40. The summed E-state index contributed by atoms with van der Waals surface area (Å²) in [6, 6.07) is 12.3. The fourth-order valence-electron chi connectivity index (χ4n) is 1.40. The quantitative estimate of drug-likeness (QED) is 0.508. The van der Waals surface area contributed by atoms with Crippen LogP contribution in [0.15, 0.2) is 35.4 Å². The van der Waals surface area contributed by atoms with Gasteiger partial charge in [0.15, 0.2) is 0 Å². The van der Waals surface area contributed by atoms with Gasteiger partial charge in [0.25, 0.3) is 0 Å². The van der Waals surface area contributed by atoms with Gasteiger partial charge in [-0.15, -0.1) is 0 Å². The van der Waals surface area contributed by atoms with Crippen LogP contribution in [0.2, 0.25) is 5.15 Å². The highest BCUT2D eigenvalue weighted by Gasteiger charge is 2.03. The normalized spacial score (nSPS) is 9.28. The van der Waals surface area contributed by atoms with Crippen LogP contribution >= 0.6 is 11.6 Å². The Balaban J connectivity index is 2.46. The van der Waals surface area contributed by atoms with Crippen LogP contribution in [0.5, 0.6) is 0 Å². The fraction of sp³-hybridized carbons (Fsp3) is 0. The van der Waals surface area contributed by atoms with Crippen LogP contribution in [-0.4, -0.2) is 10.7 Å². The number of hydrazone groups is 1. The summed E-state index contributed by atoms with van der Waals surface area (Å²) in [5.74, 6) is 0. The summed E-state index contributed by atoms with van der Waals surface area (Å²) in [7, 11) is 0. The number of anilines is 1. The number of hydrogen-bond donors (Lipinski definition) is 1. The van der Waals surface area contributed by atoms with E-state index < -0.39 is 0 Å². The summed E-state index contributed by atoms with van der Waals surface area (Å²) < 4.78 is 0. The van der Waals surface area contributed by atoms with Gasteiger partial charge in [-0.2, -0.15) is 15.6 Å². The van der Waals surface area contributed by atoms with Crippen molar-refractivity contribution < 1.29 is 0 Å². The zero-order chi connectivity index (χ0) is 13.0. The highest BCUT2D eigenvalue weighted by Crippen LogP contribution is 2.23. The number of rotatable bonds is 2. The largest absolute Gasteiger partial charge is 0.274 e. The first-order chi connectivity index (χ1) is 8.74. The molecule has 0 fully saturated rings. The van der Waals surface area contributed by atoms with Crippen molar-refractivity contribution in [1.82, 2.24) is 4.98 Å². The van der Waals surface area contributed by atoms with E-state index in [4.69, 9.17) is 22.1 Å². The topological polar surface area (TPSA) is 84.9 Å². The van der Waals surface area contributed by atoms with Crippen LogP contribution in [0.25, 0.3) is 10.9 Å². The lowest BCUT2D eigenvalue weighted by atomic mass is 10.2. The van der Waals surface area contributed by atoms with Gasteiger partial charge in [0.2, 0.25) is 5.71 Å². The molecule has 1 N–H and O–H groups in total. The van der Waals surface area contributed by atoms with Crippen LogP contribution in [0.4, 0.5) is 5.69 Å². The third kappa shape index (κ3) is 2.37. The van der Waals surface area contributed by atoms with E-state index in [0.717, 1.165) is 5.39 Å². The summed E-state index contributed by atoms with van der Waals surface area (Å²) >= 11 is 5.83. The van der Waals surface area contributed by atoms with E-state index in [1.807, 2.05) is 18.2 Å². The Morgan fingerprint density at radius 3 is 2.72 bits per heavy atom. The van der Waals surface area contributed by atoms with Crippen molar-refractivity contribution in [3.8, 4) is 12.1 Å². The van der Waals surface area contributed by atoms with Gasteiger partial charge in [-0.1, -0.05) is 23.7 Å². The fourth-order valence-corrected chi connectivity index (χ4v) is 1.55. The standard InChI is InChI=1S/C12H6ClN5/c13-11-5-4-8-2-1-3-10(12(8)16-11)18-17-9(6-14)7-15/h1-5,18H. The molecule has 1 aromatic carbocycles. The molecule has 0 spiro atoms. The lowest BCUT2D eigenvalue weighted by Gasteiger charge is -2.04. The molecule has 0 unspecified atom stereocenters. The summed E-state index contributed by atoms with van der Waals surface area (Å²) in [6.45, 7) is 0. The molecule has 0 aliphatic carbocycles. The number of nitrogens with one attached hydrogen (secondary N) is 1. The molecule has 86 valence electrons. The van der Waals surface area contributed by atoms with Gasteiger partial charge >= 0.3 is 0 Å². The molecule has 2 aromatic rings. The molecule has 0 aliphatic heterocycles. The van der Waals surface area contributed by atoms with Crippen molar-refractivity contribution in [2.45, 2.75) is 0 Å². The molecule has 5 nitrogen and oxygen atoms in total. The number of hydrogen-bond acceptors (Lipinski definition) is 5. The van der Waals surface area contributed by atoms with E-state index >= 15 is 0 Å². The third-order valence-corrected chi connectivity index (χ3v) is 2.40. The van der Waals surface area contributed by atoms with Gasteiger partial charge in [-0.25, -0.2) is 4.98 Å². The molecule has 0 saturated heterocycles. The smallest absolute Gasteiger partial charge is 0.237 e. The summed E-state index contributed by atoms with van der Waals surface area (Å²) in [5.41, 5.74) is 3.59. The maximum atomic E-state index is 8.58. The van der Waals surface area contributed by atoms with Gasteiger partial charge in [-0.05, 0) is 18.2 Å². The maximum absolute atomic E-state index is 8.58. The number of nitriles is 2. The van der Waals surface area contributed by atoms with E-state index in [-0.39, 0.29) is 5.71 Å². The van der Waals surface area contributed by atoms with Gasteiger partial charge in [0.1, 0.15) is 17.3 Å². The molecular formula is C12H6ClN5. The van der Waals surface area contributed by atoms with Crippen molar-refractivity contribution in [3.05, 3.63) is 35.5 Å². The molecule has 0 amide bonds. The number of benzene rings is 1. The van der Waals surface area contributed by atoms with Crippen LogP contribution in [0.1, 0.15) is 0 Å². The van der Waals surface area contributed by atoms with Crippen molar-refractivity contribution in [2.75, 3.05) is 5.43 Å². The minimum atomic E-state index is -0.256. The zero-order valence-corrected chi connectivity index (χ0v) is 9.81. The maximum Gasteiger partial charge on any atom is 0.237 e. The van der Waals surface area contributed by atoms with E-state index in [1.165, 1.54) is 0 Å². The number of para-hydroxylation sites is 1. The molecule has 2 rings (SSSR count). The van der Waals surface area contributed by atoms with Gasteiger partial charge in [0, 0.05) is 5.39 Å². The predicted octanol–water partition coefficient (Wildman–Crippen LogP) is 2.70. The Kier molecular flexibility index (Phi) is 3.38. The molecule has 1 heterocycles. The van der Waals surface area contributed by atoms with Crippen LogP contribution < -0.4 is 5.43 Å². The predicted molar refractivity (Wildman–Crippen MR) is 69.0 cm³/mol. The molecular weight excluding hydrogens is 250 g/mol. The number of halogens is 1. The van der Waals surface area contributed by atoms with Crippen LogP contribution in [0, 0.1) is 22.7 Å². The average molecular weight is 256 g/mol. The SMILES string of the molecule is N#CC(C#N)=NNc1cccc2ccc(Cl)nc12. The molecule has 0 saturated carbocycles. The van der Waals surface area contributed by atoms with E-state index in [2.05, 4.69) is 15.5 Å². The highest BCUT2D eigenvalue weighted by atomic mass is 35.5. The van der Waals surface area contributed by atoms with Crippen LogP contribution in [-0.2, 0) is 0 Å². The molecule has 0 radical (unpaired) electrons. The van der Waals surface area contributed by atoms with E-state index in [0.29, 0.717) is 16.4 Å². The highest BCUT2D eigenvalue weighted by molar-refractivity contribution is 6.29.